The molecule has 0 aliphatic heterocycles. The van der Waals surface area contributed by atoms with Gasteiger partial charge in [-0.25, -0.2) is 0 Å². The van der Waals surface area contributed by atoms with Crippen LogP contribution in [-0.4, -0.2) is 10.1 Å². The SMILES string of the molecule is CCC/C=C(\CCC)c1cccc(CO)n1. The van der Waals surface area contributed by atoms with Crippen molar-refractivity contribution >= 4 is 5.57 Å². The van der Waals surface area contributed by atoms with Crippen LogP contribution >= 0.6 is 0 Å². The highest BCUT2D eigenvalue weighted by Crippen LogP contribution is 2.19. The molecule has 0 bridgehead atoms. The first-order chi connectivity index (χ1) is 7.81. The summed E-state index contributed by atoms with van der Waals surface area (Å²) in [6, 6.07) is 5.84. The van der Waals surface area contributed by atoms with Crippen LogP contribution in [0.4, 0.5) is 0 Å². The Morgan fingerprint density at radius 2 is 2.12 bits per heavy atom. The normalized spacial score (nSPS) is 11.8. The molecule has 1 aromatic heterocycles. The third-order valence-corrected chi connectivity index (χ3v) is 2.50. The van der Waals surface area contributed by atoms with E-state index in [1.807, 2.05) is 18.2 Å². The van der Waals surface area contributed by atoms with Crippen LogP contribution in [0.5, 0.6) is 0 Å². The average Bonchev–Trinajstić information content (AvgIpc) is 2.34. The summed E-state index contributed by atoms with van der Waals surface area (Å²) in [6.07, 6.45) is 6.71. The zero-order valence-electron chi connectivity index (χ0n) is 10.2. The topological polar surface area (TPSA) is 33.1 Å². The van der Waals surface area contributed by atoms with Crippen LogP contribution in [0.25, 0.3) is 5.57 Å². The quantitative estimate of drug-likeness (QED) is 0.793. The van der Waals surface area contributed by atoms with Crippen molar-refractivity contribution in [3.63, 3.8) is 0 Å². The highest BCUT2D eigenvalue weighted by atomic mass is 16.3. The minimum atomic E-state index is 0.0149. The fourth-order valence-corrected chi connectivity index (χ4v) is 1.67. The molecule has 0 spiro atoms. The molecular weight excluding hydrogens is 198 g/mol. The molecule has 0 aromatic carbocycles. The van der Waals surface area contributed by atoms with Crippen molar-refractivity contribution in [1.82, 2.24) is 4.98 Å². The van der Waals surface area contributed by atoms with Crippen molar-refractivity contribution in [2.24, 2.45) is 0 Å². The standard InChI is InChI=1S/C14H21NO/c1-3-5-8-12(7-4-2)14-10-6-9-13(11-16)15-14/h6,8-10,16H,3-5,7,11H2,1-2H3/b12-8+. The van der Waals surface area contributed by atoms with Crippen molar-refractivity contribution in [3.8, 4) is 0 Å². The number of unbranched alkanes of at least 4 members (excludes halogenated alkanes) is 1. The van der Waals surface area contributed by atoms with Gasteiger partial charge in [0.25, 0.3) is 0 Å². The molecule has 0 unspecified atom stereocenters. The molecular formula is C14H21NO. The van der Waals surface area contributed by atoms with Gasteiger partial charge in [0.15, 0.2) is 0 Å². The molecule has 2 nitrogen and oxygen atoms in total. The fraction of sp³-hybridized carbons (Fsp3) is 0.500. The van der Waals surface area contributed by atoms with Crippen LogP contribution in [0.1, 0.15) is 50.9 Å². The lowest BCUT2D eigenvalue weighted by molar-refractivity contribution is 0.277. The van der Waals surface area contributed by atoms with Crippen molar-refractivity contribution in [1.29, 1.82) is 0 Å². The highest BCUT2D eigenvalue weighted by molar-refractivity contribution is 5.62. The Morgan fingerprint density at radius 3 is 2.75 bits per heavy atom. The number of pyridine rings is 1. The van der Waals surface area contributed by atoms with E-state index in [0.717, 1.165) is 37.1 Å². The largest absolute Gasteiger partial charge is 0.390 e. The molecule has 1 heterocycles. The second-order valence-electron chi connectivity index (χ2n) is 3.94. The second-order valence-corrected chi connectivity index (χ2v) is 3.94. The van der Waals surface area contributed by atoms with Crippen molar-refractivity contribution in [2.75, 3.05) is 0 Å². The van der Waals surface area contributed by atoms with Crippen molar-refractivity contribution < 1.29 is 5.11 Å². The Kier molecular flexibility index (Phi) is 5.79. The van der Waals surface area contributed by atoms with Gasteiger partial charge in [-0.05, 0) is 30.5 Å². The summed E-state index contributed by atoms with van der Waals surface area (Å²) in [5, 5.41) is 9.07. The maximum atomic E-state index is 9.07. The van der Waals surface area contributed by atoms with E-state index >= 15 is 0 Å². The van der Waals surface area contributed by atoms with E-state index in [-0.39, 0.29) is 6.61 Å². The Labute approximate surface area is 98.0 Å². The van der Waals surface area contributed by atoms with Crippen LogP contribution in [0.15, 0.2) is 24.3 Å². The minimum absolute atomic E-state index is 0.0149. The molecule has 0 aliphatic carbocycles. The molecule has 0 amide bonds. The molecule has 1 aromatic rings. The number of allylic oxidation sites excluding steroid dienone is 2. The summed E-state index contributed by atoms with van der Waals surface area (Å²) in [4.78, 5) is 4.44. The van der Waals surface area contributed by atoms with Crippen molar-refractivity contribution in [2.45, 2.75) is 46.1 Å². The van der Waals surface area contributed by atoms with Gasteiger partial charge >= 0.3 is 0 Å². The van der Waals surface area contributed by atoms with E-state index in [4.69, 9.17) is 5.11 Å². The first kappa shape index (κ1) is 12.9. The van der Waals surface area contributed by atoms with Crippen LogP contribution in [0.2, 0.25) is 0 Å². The lowest BCUT2D eigenvalue weighted by Crippen LogP contribution is -1.95. The molecule has 0 fully saturated rings. The number of aromatic nitrogens is 1. The summed E-state index contributed by atoms with van der Waals surface area (Å²) < 4.78 is 0. The number of rotatable bonds is 6. The molecule has 88 valence electrons. The molecule has 2 heteroatoms. The van der Waals surface area contributed by atoms with Crippen LogP contribution < -0.4 is 0 Å². The predicted molar refractivity (Wildman–Crippen MR) is 68.0 cm³/mol. The number of hydrogen-bond donors (Lipinski definition) is 1. The molecule has 0 saturated heterocycles. The molecule has 1 N–H and O–H groups in total. The van der Waals surface area contributed by atoms with Crippen LogP contribution in [0.3, 0.4) is 0 Å². The van der Waals surface area contributed by atoms with Gasteiger partial charge in [0.2, 0.25) is 0 Å². The van der Waals surface area contributed by atoms with E-state index in [2.05, 4.69) is 24.9 Å². The van der Waals surface area contributed by atoms with Gasteiger partial charge in [0, 0.05) is 0 Å². The first-order valence-electron chi connectivity index (χ1n) is 6.08. The third-order valence-electron chi connectivity index (χ3n) is 2.50. The van der Waals surface area contributed by atoms with Gasteiger partial charge in [-0.2, -0.15) is 0 Å². The summed E-state index contributed by atoms with van der Waals surface area (Å²) in [5.74, 6) is 0. The number of aliphatic hydroxyl groups is 1. The van der Waals surface area contributed by atoms with Gasteiger partial charge in [-0.3, -0.25) is 4.98 Å². The first-order valence-corrected chi connectivity index (χ1v) is 6.08. The van der Waals surface area contributed by atoms with Crippen molar-refractivity contribution in [3.05, 3.63) is 35.7 Å². The monoisotopic (exact) mass is 219 g/mol. The van der Waals surface area contributed by atoms with Gasteiger partial charge in [0.05, 0.1) is 18.0 Å². The summed E-state index contributed by atoms with van der Waals surface area (Å²) in [7, 11) is 0. The Balaban J connectivity index is 2.91. The predicted octanol–water partition coefficient (Wildman–Crippen LogP) is 3.56. The Hall–Kier alpha value is -1.15. The molecule has 1 rings (SSSR count). The summed E-state index contributed by atoms with van der Waals surface area (Å²) in [6.45, 7) is 4.37. The Morgan fingerprint density at radius 1 is 1.31 bits per heavy atom. The smallest absolute Gasteiger partial charge is 0.0853 e. The lowest BCUT2D eigenvalue weighted by atomic mass is 10.0. The molecule has 0 saturated carbocycles. The van der Waals surface area contributed by atoms with E-state index in [1.165, 1.54) is 5.57 Å². The van der Waals surface area contributed by atoms with Gasteiger partial charge in [-0.15, -0.1) is 0 Å². The zero-order valence-corrected chi connectivity index (χ0v) is 10.2. The zero-order chi connectivity index (χ0) is 11.8. The molecule has 0 radical (unpaired) electrons. The van der Waals surface area contributed by atoms with E-state index in [1.54, 1.807) is 0 Å². The highest BCUT2D eigenvalue weighted by Gasteiger charge is 2.02. The molecule has 0 atom stereocenters. The third kappa shape index (κ3) is 3.78. The van der Waals surface area contributed by atoms with Gasteiger partial charge in [-0.1, -0.05) is 38.8 Å². The fourth-order valence-electron chi connectivity index (χ4n) is 1.67. The van der Waals surface area contributed by atoms with E-state index in [0.29, 0.717) is 0 Å². The van der Waals surface area contributed by atoms with Crippen LogP contribution in [0, 0.1) is 0 Å². The van der Waals surface area contributed by atoms with E-state index in [9.17, 15) is 0 Å². The number of nitrogens with zero attached hydrogens (tertiary/aromatic N) is 1. The maximum Gasteiger partial charge on any atom is 0.0853 e. The van der Waals surface area contributed by atoms with Gasteiger partial charge < -0.3 is 5.11 Å². The van der Waals surface area contributed by atoms with Crippen LogP contribution in [-0.2, 0) is 6.61 Å². The van der Waals surface area contributed by atoms with Gasteiger partial charge in [0.1, 0.15) is 0 Å². The average molecular weight is 219 g/mol. The molecule has 0 aliphatic rings. The maximum absolute atomic E-state index is 9.07. The molecule has 16 heavy (non-hydrogen) atoms. The Bertz CT molecular complexity index is 344. The number of hydrogen-bond acceptors (Lipinski definition) is 2. The number of aliphatic hydroxyl groups excluding tert-OH is 1. The van der Waals surface area contributed by atoms with E-state index < -0.39 is 0 Å². The summed E-state index contributed by atoms with van der Waals surface area (Å²) >= 11 is 0. The lowest BCUT2D eigenvalue weighted by Gasteiger charge is -2.07. The second kappa shape index (κ2) is 7.18. The summed E-state index contributed by atoms with van der Waals surface area (Å²) in [5.41, 5.74) is 3.07. The minimum Gasteiger partial charge on any atom is -0.390 e.